The number of ether oxygens (including phenoxy) is 1. The van der Waals surface area contributed by atoms with Gasteiger partial charge in [-0.3, -0.25) is 4.79 Å². The molecule has 156 valence electrons. The van der Waals surface area contributed by atoms with E-state index in [9.17, 15) is 13.6 Å². The van der Waals surface area contributed by atoms with Gasteiger partial charge in [-0.1, -0.05) is 18.2 Å². The molecule has 1 aromatic heterocycles. The average Bonchev–Trinajstić information content (AvgIpc) is 3.12. The fourth-order valence-electron chi connectivity index (χ4n) is 4.54. The van der Waals surface area contributed by atoms with Gasteiger partial charge in [0, 0.05) is 31.6 Å². The zero-order valence-electron chi connectivity index (χ0n) is 16.5. The predicted molar refractivity (Wildman–Crippen MR) is 109 cm³/mol. The Morgan fingerprint density at radius 1 is 1.31 bits per heavy atom. The number of nitrogens with zero attached hydrogens (tertiary/aromatic N) is 1. The minimum Gasteiger partial charge on any atom is -0.369 e. The number of thiophene rings is 1. The van der Waals surface area contributed by atoms with Crippen molar-refractivity contribution in [2.24, 2.45) is 5.92 Å². The summed E-state index contributed by atoms with van der Waals surface area (Å²) in [5, 5.41) is 2.57. The van der Waals surface area contributed by atoms with E-state index in [0.29, 0.717) is 25.1 Å². The van der Waals surface area contributed by atoms with Crippen LogP contribution in [-0.4, -0.2) is 44.1 Å². The quantitative estimate of drug-likeness (QED) is 0.807. The molecule has 2 aliphatic heterocycles. The third-order valence-corrected chi connectivity index (χ3v) is 7.28. The zero-order valence-corrected chi connectivity index (χ0v) is 17.4. The summed E-state index contributed by atoms with van der Waals surface area (Å²) in [4.78, 5) is 15.7. The molecule has 1 aromatic carbocycles. The van der Waals surface area contributed by atoms with Gasteiger partial charge in [0.25, 0.3) is 0 Å². The Balaban J connectivity index is 1.43. The van der Waals surface area contributed by atoms with Gasteiger partial charge in [0.05, 0.1) is 12.5 Å². The summed E-state index contributed by atoms with van der Waals surface area (Å²) >= 11 is 1.21. The van der Waals surface area contributed by atoms with Crippen LogP contribution in [0.1, 0.15) is 28.8 Å². The van der Waals surface area contributed by atoms with Crippen LogP contribution in [0, 0.1) is 16.9 Å². The molecule has 0 radical (unpaired) electrons. The van der Waals surface area contributed by atoms with Crippen LogP contribution in [0.3, 0.4) is 0 Å². The van der Waals surface area contributed by atoms with Crippen LogP contribution < -0.4 is 5.32 Å². The molecule has 1 N–H and O–H groups in total. The molecular formula is C22H26F2N2O2S. The smallest absolute Gasteiger partial charge is 0.224 e. The maximum absolute atomic E-state index is 14.1. The van der Waals surface area contributed by atoms with Crippen molar-refractivity contribution >= 4 is 17.2 Å². The van der Waals surface area contributed by atoms with Gasteiger partial charge in [-0.25, -0.2) is 4.39 Å². The van der Waals surface area contributed by atoms with Crippen molar-refractivity contribution in [2.75, 3.05) is 33.3 Å². The average molecular weight is 420 g/mol. The standard InChI is InChI=1S/C22H26F2N2O2S/c1-25-21(27)17(12-15-4-2-3-5-18(15)23)14-26-9-7-22(8-10-26)20-16(6-11-28-22)13-19(24)29-20/h2-5,13,17H,6-12,14H2,1H3,(H,25,27)/i1-1. The van der Waals surface area contributed by atoms with Crippen LogP contribution in [0.25, 0.3) is 0 Å². The number of likely N-dealkylation sites (tertiary alicyclic amines) is 1. The van der Waals surface area contributed by atoms with E-state index in [-0.39, 0.29) is 22.8 Å². The number of carbonyl (C=O) groups excluding carboxylic acids is 1. The van der Waals surface area contributed by atoms with Crippen molar-refractivity contribution < 1.29 is 18.3 Å². The number of piperidine rings is 1. The Kier molecular flexibility index (Phi) is 5.99. The lowest BCUT2D eigenvalue weighted by Crippen LogP contribution is -2.48. The molecule has 4 rings (SSSR count). The first-order chi connectivity index (χ1) is 14.0. The second kappa shape index (κ2) is 8.50. The second-order valence-electron chi connectivity index (χ2n) is 7.90. The summed E-state index contributed by atoms with van der Waals surface area (Å²) in [5.41, 5.74) is 1.24. The number of carbonyl (C=O) groups is 1. The van der Waals surface area contributed by atoms with Crippen molar-refractivity contribution in [1.82, 2.24) is 10.2 Å². The van der Waals surface area contributed by atoms with Crippen molar-refractivity contribution in [3.63, 3.8) is 0 Å². The lowest BCUT2D eigenvalue weighted by atomic mass is 9.85. The molecule has 1 fully saturated rings. The minimum atomic E-state index is -0.396. The molecule has 2 aliphatic rings. The van der Waals surface area contributed by atoms with E-state index in [4.69, 9.17) is 4.74 Å². The Morgan fingerprint density at radius 3 is 2.79 bits per heavy atom. The molecule has 4 nitrogen and oxygen atoms in total. The van der Waals surface area contributed by atoms with Crippen LogP contribution in [0.15, 0.2) is 30.3 Å². The van der Waals surface area contributed by atoms with Crippen molar-refractivity contribution in [3.8, 4) is 0 Å². The molecule has 7 heteroatoms. The third-order valence-electron chi connectivity index (χ3n) is 6.13. The zero-order chi connectivity index (χ0) is 20.4. The summed E-state index contributed by atoms with van der Waals surface area (Å²) in [5.74, 6) is -0.681. The van der Waals surface area contributed by atoms with E-state index in [1.165, 1.54) is 17.4 Å². The summed E-state index contributed by atoms with van der Waals surface area (Å²) in [7, 11) is 1.62. The molecule has 0 bridgehead atoms. The van der Waals surface area contributed by atoms with E-state index >= 15 is 0 Å². The van der Waals surface area contributed by atoms with Gasteiger partial charge >= 0.3 is 0 Å². The van der Waals surface area contributed by atoms with Crippen LogP contribution in [-0.2, 0) is 28.0 Å². The second-order valence-corrected chi connectivity index (χ2v) is 8.91. The maximum Gasteiger partial charge on any atom is 0.224 e. The Labute approximate surface area is 173 Å². The van der Waals surface area contributed by atoms with Crippen molar-refractivity contribution in [2.45, 2.75) is 31.3 Å². The number of halogens is 2. The van der Waals surface area contributed by atoms with E-state index in [1.54, 1.807) is 31.3 Å². The highest BCUT2D eigenvalue weighted by molar-refractivity contribution is 7.10. The van der Waals surface area contributed by atoms with Gasteiger partial charge in [0.2, 0.25) is 5.91 Å². The van der Waals surface area contributed by atoms with E-state index < -0.39 is 5.60 Å². The molecule has 0 saturated carbocycles. The fraction of sp³-hybridized carbons (Fsp3) is 0.500. The first kappa shape index (κ1) is 20.4. The topological polar surface area (TPSA) is 41.6 Å². The molecule has 1 spiro atoms. The fourth-order valence-corrected chi connectivity index (χ4v) is 5.68. The van der Waals surface area contributed by atoms with E-state index in [1.807, 2.05) is 0 Å². The monoisotopic (exact) mass is 419 g/mol. The van der Waals surface area contributed by atoms with Gasteiger partial charge in [0.15, 0.2) is 5.13 Å². The molecule has 0 aliphatic carbocycles. The summed E-state index contributed by atoms with van der Waals surface area (Å²) in [6.45, 7) is 2.72. The summed E-state index contributed by atoms with van der Waals surface area (Å²) in [6.07, 6.45) is 2.69. The number of amides is 1. The number of rotatable bonds is 5. The molecule has 3 heterocycles. The predicted octanol–water partition coefficient (Wildman–Crippen LogP) is 3.50. The van der Waals surface area contributed by atoms with E-state index in [0.717, 1.165) is 42.8 Å². The molecule has 2 aromatic rings. The first-order valence-electron chi connectivity index (χ1n) is 10.1. The largest absolute Gasteiger partial charge is 0.369 e. The third kappa shape index (κ3) is 4.22. The van der Waals surface area contributed by atoms with Crippen LogP contribution in [0.2, 0.25) is 0 Å². The lowest BCUT2D eigenvalue weighted by Gasteiger charge is -2.44. The highest BCUT2D eigenvalue weighted by Gasteiger charge is 2.43. The molecule has 1 amide bonds. The number of hydrogen-bond donors (Lipinski definition) is 1. The highest BCUT2D eigenvalue weighted by atomic mass is 32.1. The van der Waals surface area contributed by atoms with Gasteiger partial charge in [-0.05, 0) is 48.9 Å². The number of nitrogens with one attached hydrogen (secondary N) is 1. The Hall–Kier alpha value is -1.83. The van der Waals surface area contributed by atoms with Gasteiger partial charge in [-0.15, -0.1) is 11.3 Å². The van der Waals surface area contributed by atoms with Gasteiger partial charge < -0.3 is 15.0 Å². The Bertz CT molecular complexity index is 877. The normalized spacial score (nSPS) is 19.7. The lowest BCUT2D eigenvalue weighted by molar-refractivity contribution is -0.126. The van der Waals surface area contributed by atoms with Crippen molar-refractivity contribution in [3.05, 3.63) is 57.3 Å². The molecular weight excluding hydrogens is 393 g/mol. The molecule has 1 saturated heterocycles. The van der Waals surface area contributed by atoms with Crippen LogP contribution in [0.4, 0.5) is 8.78 Å². The molecule has 1 atom stereocenters. The number of hydrogen-bond acceptors (Lipinski definition) is 4. The first-order valence-corrected chi connectivity index (χ1v) is 10.9. The SMILES string of the molecule is [11CH3]NC(=O)C(Cc1ccccc1F)CN1CCC2(CC1)OCCc1cc(F)sc12. The van der Waals surface area contributed by atoms with Gasteiger partial charge in [-0.2, -0.15) is 4.39 Å². The minimum absolute atomic E-state index is 0.0786. The molecule has 29 heavy (non-hydrogen) atoms. The van der Waals surface area contributed by atoms with Crippen LogP contribution >= 0.6 is 11.3 Å². The Morgan fingerprint density at radius 2 is 2.07 bits per heavy atom. The highest BCUT2D eigenvalue weighted by Crippen LogP contribution is 2.45. The van der Waals surface area contributed by atoms with E-state index in [2.05, 4.69) is 10.2 Å². The van der Waals surface area contributed by atoms with Crippen LogP contribution in [0.5, 0.6) is 0 Å². The summed E-state index contributed by atoms with van der Waals surface area (Å²) < 4.78 is 34.1. The maximum atomic E-state index is 14.1. The van der Waals surface area contributed by atoms with Gasteiger partial charge in [0.1, 0.15) is 11.4 Å². The summed E-state index contributed by atoms with van der Waals surface area (Å²) in [6, 6.07) is 8.26. The number of fused-ring (bicyclic) bond motifs is 2. The van der Waals surface area contributed by atoms with Crippen molar-refractivity contribution in [1.29, 1.82) is 0 Å². The molecule has 1 unspecified atom stereocenters. The number of benzene rings is 1.